The van der Waals surface area contributed by atoms with Crippen molar-refractivity contribution >= 4 is 11.6 Å². The molecule has 1 fully saturated rings. The predicted octanol–water partition coefficient (Wildman–Crippen LogP) is 6.96. The number of carbonyl (C=O) groups is 1. The fraction of sp³-hybridized carbons (Fsp3) is 0.606. The highest BCUT2D eigenvalue weighted by atomic mass is 16.5. The van der Waals surface area contributed by atoms with Crippen molar-refractivity contribution in [3.63, 3.8) is 0 Å². The van der Waals surface area contributed by atoms with Gasteiger partial charge in [0.1, 0.15) is 12.4 Å². The molecule has 2 aromatic carbocycles. The lowest BCUT2D eigenvalue weighted by atomic mass is 9.93. The summed E-state index contributed by atoms with van der Waals surface area (Å²) < 4.78 is 5.98. The highest BCUT2D eigenvalue weighted by molar-refractivity contribution is 5.81. The van der Waals surface area contributed by atoms with Crippen molar-refractivity contribution in [1.29, 1.82) is 0 Å². The Labute approximate surface area is 231 Å². The molecular formula is C33H51N3O2. The van der Waals surface area contributed by atoms with Gasteiger partial charge in [0.15, 0.2) is 0 Å². The van der Waals surface area contributed by atoms with E-state index >= 15 is 0 Å². The molecule has 5 heteroatoms. The second kappa shape index (κ2) is 16.4. The van der Waals surface area contributed by atoms with E-state index in [1.165, 1.54) is 43.4 Å². The van der Waals surface area contributed by atoms with Crippen LogP contribution in [0.5, 0.6) is 5.75 Å². The summed E-state index contributed by atoms with van der Waals surface area (Å²) in [5, 5.41) is 6.93. The lowest BCUT2D eigenvalue weighted by molar-refractivity contribution is -0.123. The zero-order valence-electron chi connectivity index (χ0n) is 24.3. The molecule has 210 valence electrons. The minimum absolute atomic E-state index is 0.0847. The molecule has 0 spiro atoms. The Hall–Kier alpha value is -2.53. The SMILES string of the molecule is CC(C)CCN(CCCNC(=O)C(CC(C)C)NC1CCCCC1)c1ccc(OCc2ccccc2)cc1. The minimum Gasteiger partial charge on any atom is -0.489 e. The molecule has 1 unspecified atom stereocenters. The summed E-state index contributed by atoms with van der Waals surface area (Å²) in [6, 6.07) is 19.1. The van der Waals surface area contributed by atoms with E-state index in [9.17, 15) is 4.79 Å². The second-order valence-electron chi connectivity index (χ2n) is 11.8. The van der Waals surface area contributed by atoms with E-state index in [0.717, 1.165) is 38.1 Å². The second-order valence-corrected chi connectivity index (χ2v) is 11.8. The summed E-state index contributed by atoms with van der Waals surface area (Å²) in [5.41, 5.74) is 2.38. The Morgan fingerprint density at radius 2 is 1.63 bits per heavy atom. The van der Waals surface area contributed by atoms with Crippen LogP contribution in [0, 0.1) is 11.8 Å². The van der Waals surface area contributed by atoms with Gasteiger partial charge in [-0.2, -0.15) is 0 Å². The molecule has 5 nitrogen and oxygen atoms in total. The topological polar surface area (TPSA) is 53.6 Å². The van der Waals surface area contributed by atoms with E-state index in [-0.39, 0.29) is 11.9 Å². The average molecular weight is 522 g/mol. The lowest BCUT2D eigenvalue weighted by Gasteiger charge is -2.29. The van der Waals surface area contributed by atoms with Crippen LogP contribution in [0.15, 0.2) is 54.6 Å². The molecule has 3 rings (SSSR count). The third-order valence-corrected chi connectivity index (χ3v) is 7.40. The quantitative estimate of drug-likeness (QED) is 0.234. The summed E-state index contributed by atoms with van der Waals surface area (Å²) in [6.07, 6.45) is 9.23. The number of nitrogens with one attached hydrogen (secondary N) is 2. The van der Waals surface area contributed by atoms with Gasteiger partial charge >= 0.3 is 0 Å². The summed E-state index contributed by atoms with van der Waals surface area (Å²) in [5.74, 6) is 2.19. The third-order valence-electron chi connectivity index (χ3n) is 7.40. The maximum absolute atomic E-state index is 13.1. The summed E-state index contributed by atoms with van der Waals surface area (Å²) in [4.78, 5) is 15.5. The van der Waals surface area contributed by atoms with E-state index in [4.69, 9.17) is 4.74 Å². The zero-order chi connectivity index (χ0) is 27.2. The first-order valence-corrected chi connectivity index (χ1v) is 15.0. The van der Waals surface area contributed by atoms with Crippen LogP contribution >= 0.6 is 0 Å². The fourth-order valence-corrected chi connectivity index (χ4v) is 5.16. The van der Waals surface area contributed by atoms with Crippen LogP contribution in [-0.2, 0) is 11.4 Å². The molecule has 1 saturated carbocycles. The van der Waals surface area contributed by atoms with Gasteiger partial charge in [0.25, 0.3) is 0 Å². The average Bonchev–Trinajstić information content (AvgIpc) is 2.92. The zero-order valence-corrected chi connectivity index (χ0v) is 24.3. The molecule has 38 heavy (non-hydrogen) atoms. The Morgan fingerprint density at radius 1 is 0.921 bits per heavy atom. The van der Waals surface area contributed by atoms with Gasteiger partial charge in [-0.3, -0.25) is 4.79 Å². The van der Waals surface area contributed by atoms with Crippen molar-refractivity contribution in [3.8, 4) is 5.75 Å². The number of ether oxygens (including phenoxy) is 1. The molecule has 0 aliphatic heterocycles. The van der Waals surface area contributed by atoms with Crippen molar-refractivity contribution in [2.75, 3.05) is 24.5 Å². The van der Waals surface area contributed by atoms with Gasteiger partial charge in [0.05, 0.1) is 6.04 Å². The Balaban J connectivity index is 1.49. The van der Waals surface area contributed by atoms with Crippen LogP contribution in [0.2, 0.25) is 0 Å². The van der Waals surface area contributed by atoms with Gasteiger partial charge in [-0.05, 0) is 73.8 Å². The fourth-order valence-electron chi connectivity index (χ4n) is 5.16. The van der Waals surface area contributed by atoms with E-state index in [0.29, 0.717) is 31.0 Å². The molecule has 0 radical (unpaired) electrons. The van der Waals surface area contributed by atoms with Gasteiger partial charge in [-0.1, -0.05) is 77.3 Å². The summed E-state index contributed by atoms with van der Waals surface area (Å²) >= 11 is 0. The van der Waals surface area contributed by atoms with E-state index < -0.39 is 0 Å². The number of nitrogens with zero attached hydrogens (tertiary/aromatic N) is 1. The first-order chi connectivity index (χ1) is 18.4. The predicted molar refractivity (Wildman–Crippen MR) is 160 cm³/mol. The highest BCUT2D eigenvalue weighted by Gasteiger charge is 2.24. The molecule has 0 bridgehead atoms. The molecule has 0 aromatic heterocycles. The number of benzene rings is 2. The summed E-state index contributed by atoms with van der Waals surface area (Å²) in [7, 11) is 0. The van der Waals surface area contributed by atoms with Crippen LogP contribution in [0.25, 0.3) is 0 Å². The van der Waals surface area contributed by atoms with Gasteiger partial charge in [-0.15, -0.1) is 0 Å². The maximum atomic E-state index is 13.1. The number of carbonyl (C=O) groups excluding carboxylic acids is 1. The van der Waals surface area contributed by atoms with Crippen LogP contribution < -0.4 is 20.3 Å². The van der Waals surface area contributed by atoms with Crippen LogP contribution in [0.1, 0.15) is 84.6 Å². The van der Waals surface area contributed by atoms with Crippen LogP contribution in [-0.4, -0.2) is 37.6 Å². The molecule has 0 saturated heterocycles. The molecule has 1 atom stereocenters. The van der Waals surface area contributed by atoms with Crippen LogP contribution in [0.4, 0.5) is 5.69 Å². The molecule has 1 aliphatic rings. The van der Waals surface area contributed by atoms with E-state index in [2.05, 4.69) is 79.6 Å². The van der Waals surface area contributed by atoms with Gasteiger partial charge in [-0.25, -0.2) is 0 Å². The Bertz CT molecular complexity index is 908. The standard InChI is InChI=1S/C33H51N3O2/c1-26(2)20-23-36(30-16-18-31(19-17-30)38-25-28-12-7-5-8-13-28)22-11-21-34-33(37)32(24-27(3)4)35-29-14-9-6-10-15-29/h5,7-8,12-13,16-19,26-27,29,32,35H,6,9-11,14-15,20-25H2,1-4H3,(H,34,37). The minimum atomic E-state index is -0.0847. The smallest absolute Gasteiger partial charge is 0.237 e. The number of amides is 1. The normalized spacial score (nSPS) is 15.0. The Morgan fingerprint density at radius 3 is 2.29 bits per heavy atom. The van der Waals surface area contributed by atoms with Crippen molar-refractivity contribution in [3.05, 3.63) is 60.2 Å². The maximum Gasteiger partial charge on any atom is 0.237 e. The number of rotatable bonds is 16. The van der Waals surface area contributed by atoms with E-state index in [1.54, 1.807) is 0 Å². The van der Waals surface area contributed by atoms with Gasteiger partial charge < -0.3 is 20.3 Å². The molecular weight excluding hydrogens is 470 g/mol. The molecule has 0 heterocycles. The Kier molecular flexibility index (Phi) is 13.0. The van der Waals surface area contributed by atoms with Crippen molar-refractivity contribution in [2.45, 2.75) is 97.8 Å². The summed E-state index contributed by atoms with van der Waals surface area (Å²) in [6.45, 7) is 12.2. The monoisotopic (exact) mass is 521 g/mol. The van der Waals surface area contributed by atoms with Crippen molar-refractivity contribution in [2.24, 2.45) is 11.8 Å². The highest BCUT2D eigenvalue weighted by Crippen LogP contribution is 2.22. The van der Waals surface area contributed by atoms with E-state index in [1.807, 2.05) is 18.2 Å². The molecule has 1 amide bonds. The third kappa shape index (κ3) is 11.1. The lowest BCUT2D eigenvalue weighted by Crippen LogP contribution is -2.49. The molecule has 2 N–H and O–H groups in total. The first-order valence-electron chi connectivity index (χ1n) is 15.0. The number of hydrogen-bond acceptors (Lipinski definition) is 4. The molecule has 1 aliphatic carbocycles. The molecule has 2 aromatic rings. The van der Waals surface area contributed by atoms with Gasteiger partial charge in [0, 0.05) is 31.4 Å². The number of anilines is 1. The number of hydrogen-bond donors (Lipinski definition) is 2. The van der Waals surface area contributed by atoms with Gasteiger partial charge in [0.2, 0.25) is 5.91 Å². The first kappa shape index (κ1) is 30.0. The van der Waals surface area contributed by atoms with Crippen LogP contribution in [0.3, 0.4) is 0 Å². The van der Waals surface area contributed by atoms with Crippen molar-refractivity contribution < 1.29 is 9.53 Å². The largest absolute Gasteiger partial charge is 0.489 e. The van der Waals surface area contributed by atoms with Crippen molar-refractivity contribution in [1.82, 2.24) is 10.6 Å².